The number of nitrogens with zero attached hydrogens (tertiary/aromatic N) is 1. The molecule has 2 atom stereocenters. The van der Waals surface area contributed by atoms with Crippen molar-refractivity contribution in [1.29, 1.82) is 5.26 Å². The van der Waals surface area contributed by atoms with Gasteiger partial charge in [-0.05, 0) is 49.3 Å². The van der Waals surface area contributed by atoms with Gasteiger partial charge in [0.15, 0.2) is 6.29 Å². The van der Waals surface area contributed by atoms with Crippen LogP contribution in [0.4, 0.5) is 5.69 Å². The van der Waals surface area contributed by atoms with Crippen molar-refractivity contribution in [2.24, 2.45) is 0 Å². The highest BCUT2D eigenvalue weighted by Gasteiger charge is 2.32. The van der Waals surface area contributed by atoms with Crippen molar-refractivity contribution in [3.8, 4) is 11.8 Å². The molecular formula is C23H25ClN2O6S. The zero-order valence-corrected chi connectivity index (χ0v) is 19.6. The molecule has 0 spiro atoms. The minimum absolute atomic E-state index is 0.0321. The molecule has 2 aliphatic rings. The molecule has 3 N–H and O–H groups in total. The third-order valence-corrected chi connectivity index (χ3v) is 7.77. The van der Waals surface area contributed by atoms with Crippen molar-refractivity contribution >= 4 is 27.3 Å². The fraction of sp³-hybridized carbons (Fsp3) is 0.435. The molecule has 2 aliphatic carbocycles. The number of hydrogen-bond donors (Lipinski definition) is 3. The van der Waals surface area contributed by atoms with E-state index in [-0.39, 0.29) is 50.6 Å². The number of nitriles is 1. The molecule has 0 amide bonds. The largest absolute Gasteiger partial charge is 0.488 e. The number of aliphatic hydroxyl groups is 2. The van der Waals surface area contributed by atoms with E-state index < -0.39 is 16.3 Å². The maximum atomic E-state index is 13.4. The normalized spacial score (nSPS) is 20.6. The van der Waals surface area contributed by atoms with Gasteiger partial charge in [-0.2, -0.15) is 5.26 Å². The van der Waals surface area contributed by atoms with E-state index in [0.717, 1.165) is 25.7 Å². The molecule has 2 unspecified atom stereocenters. The first-order valence-corrected chi connectivity index (χ1v) is 12.5. The predicted octanol–water partition coefficient (Wildman–Crippen LogP) is 3.82. The van der Waals surface area contributed by atoms with Gasteiger partial charge in [-0.3, -0.25) is 4.72 Å². The number of rotatable bonds is 8. The summed E-state index contributed by atoms with van der Waals surface area (Å²) in [7, 11) is -2.50. The van der Waals surface area contributed by atoms with Crippen molar-refractivity contribution < 1.29 is 28.1 Å². The Labute approximate surface area is 197 Å². The summed E-state index contributed by atoms with van der Waals surface area (Å²) in [5.41, 5.74) is 0.877. The van der Waals surface area contributed by atoms with Crippen LogP contribution in [0.3, 0.4) is 0 Å². The molecule has 2 aromatic rings. The summed E-state index contributed by atoms with van der Waals surface area (Å²) in [5, 5.41) is 28.7. The topological polar surface area (TPSA) is 129 Å². The summed E-state index contributed by atoms with van der Waals surface area (Å²) in [6.45, 7) is 0. The SMILES string of the molecule is COC1CCC(Oc2cc(Cl)c(C#N)cc2NS(=O)(=O)c2cc(C(O)O)ccc2C2CC2)C1. The van der Waals surface area contributed by atoms with Crippen LogP contribution in [0.15, 0.2) is 35.2 Å². The molecule has 33 heavy (non-hydrogen) atoms. The highest BCUT2D eigenvalue weighted by Crippen LogP contribution is 2.44. The second-order valence-corrected chi connectivity index (χ2v) is 10.5. The Morgan fingerprint density at radius 2 is 1.88 bits per heavy atom. The fourth-order valence-electron chi connectivity index (χ4n) is 4.09. The summed E-state index contributed by atoms with van der Waals surface area (Å²) in [6.07, 6.45) is 2.03. The Bertz CT molecular complexity index is 1190. The van der Waals surface area contributed by atoms with E-state index in [9.17, 15) is 23.9 Å². The van der Waals surface area contributed by atoms with Crippen LogP contribution in [-0.2, 0) is 14.8 Å². The van der Waals surface area contributed by atoms with Crippen molar-refractivity contribution in [2.75, 3.05) is 11.8 Å². The van der Waals surface area contributed by atoms with Crippen LogP contribution in [-0.4, -0.2) is 37.9 Å². The Hall–Kier alpha value is -2.35. The monoisotopic (exact) mass is 492 g/mol. The number of ether oxygens (including phenoxy) is 2. The number of sulfonamides is 1. The minimum Gasteiger partial charge on any atom is -0.488 e. The van der Waals surface area contributed by atoms with E-state index in [1.54, 1.807) is 13.2 Å². The summed E-state index contributed by atoms with van der Waals surface area (Å²) in [4.78, 5) is -0.0321. The zero-order valence-electron chi connectivity index (χ0n) is 18.0. The van der Waals surface area contributed by atoms with Gasteiger partial charge in [0.05, 0.1) is 27.3 Å². The first-order valence-electron chi connectivity index (χ1n) is 10.7. The standard InChI is InChI=1S/C23H25ClN2O6S/c1-31-16-5-6-17(10-16)32-21-11-19(24)15(12-25)8-20(21)26-33(29,30)22-9-14(23(27)28)4-7-18(22)13-2-3-13/h4,7-9,11,13,16-17,23,26-28H,2-3,5-6,10H2,1H3. The first-order chi connectivity index (χ1) is 15.7. The average Bonchev–Trinajstić information content (AvgIpc) is 3.53. The number of aliphatic hydroxyl groups excluding tert-OH is 1. The summed E-state index contributed by atoms with van der Waals surface area (Å²) < 4.78 is 40.9. The van der Waals surface area contributed by atoms with E-state index in [4.69, 9.17) is 21.1 Å². The van der Waals surface area contributed by atoms with Crippen molar-refractivity contribution in [2.45, 2.75) is 61.4 Å². The summed E-state index contributed by atoms with van der Waals surface area (Å²) >= 11 is 6.20. The molecule has 176 valence electrons. The van der Waals surface area contributed by atoms with Crippen LogP contribution in [0.5, 0.6) is 5.75 Å². The van der Waals surface area contributed by atoms with Gasteiger partial charge in [-0.1, -0.05) is 23.7 Å². The number of hydrogen-bond acceptors (Lipinski definition) is 7. The zero-order chi connectivity index (χ0) is 23.8. The molecule has 4 rings (SSSR count). The van der Waals surface area contributed by atoms with Gasteiger partial charge in [0.2, 0.25) is 0 Å². The Morgan fingerprint density at radius 3 is 2.48 bits per heavy atom. The molecule has 0 aliphatic heterocycles. The molecule has 2 fully saturated rings. The van der Waals surface area contributed by atoms with E-state index in [0.29, 0.717) is 12.0 Å². The quantitative estimate of drug-likeness (QED) is 0.477. The van der Waals surface area contributed by atoms with Gasteiger partial charge in [-0.15, -0.1) is 0 Å². The summed E-state index contributed by atoms with van der Waals surface area (Å²) in [6, 6.07) is 9.13. The molecule has 10 heteroatoms. The number of halogens is 1. The Kier molecular flexibility index (Phi) is 6.84. The van der Waals surface area contributed by atoms with Crippen molar-refractivity contribution in [3.05, 3.63) is 52.0 Å². The van der Waals surface area contributed by atoms with Crippen LogP contribution in [0.2, 0.25) is 5.02 Å². The molecular weight excluding hydrogens is 468 g/mol. The lowest BCUT2D eigenvalue weighted by Crippen LogP contribution is -2.19. The maximum absolute atomic E-state index is 13.4. The van der Waals surface area contributed by atoms with E-state index in [1.165, 1.54) is 24.3 Å². The van der Waals surface area contributed by atoms with Crippen LogP contribution in [0, 0.1) is 11.3 Å². The highest BCUT2D eigenvalue weighted by molar-refractivity contribution is 7.92. The van der Waals surface area contributed by atoms with Gasteiger partial charge in [0.25, 0.3) is 10.0 Å². The average molecular weight is 493 g/mol. The lowest BCUT2D eigenvalue weighted by atomic mass is 10.1. The molecule has 0 aromatic heterocycles. The first kappa shape index (κ1) is 23.8. The van der Waals surface area contributed by atoms with Crippen LogP contribution in [0.25, 0.3) is 0 Å². The number of methoxy groups -OCH3 is 1. The fourth-order valence-corrected chi connectivity index (χ4v) is 5.69. The lowest BCUT2D eigenvalue weighted by molar-refractivity contribution is -0.0426. The maximum Gasteiger partial charge on any atom is 0.262 e. The third-order valence-electron chi connectivity index (χ3n) is 6.04. The van der Waals surface area contributed by atoms with Gasteiger partial charge in [0, 0.05) is 25.2 Å². The van der Waals surface area contributed by atoms with Gasteiger partial charge in [-0.25, -0.2) is 8.42 Å². The third kappa shape index (κ3) is 5.26. The van der Waals surface area contributed by atoms with Crippen LogP contribution in [0.1, 0.15) is 61.0 Å². The van der Waals surface area contributed by atoms with Gasteiger partial charge in [0.1, 0.15) is 17.9 Å². The smallest absolute Gasteiger partial charge is 0.262 e. The van der Waals surface area contributed by atoms with Crippen molar-refractivity contribution in [1.82, 2.24) is 0 Å². The Balaban J connectivity index is 1.70. The predicted molar refractivity (Wildman–Crippen MR) is 122 cm³/mol. The molecule has 0 heterocycles. The van der Waals surface area contributed by atoms with E-state index >= 15 is 0 Å². The number of benzene rings is 2. The lowest BCUT2D eigenvalue weighted by Gasteiger charge is -2.20. The minimum atomic E-state index is -4.14. The van der Waals surface area contributed by atoms with Gasteiger partial charge < -0.3 is 19.7 Å². The molecule has 8 nitrogen and oxygen atoms in total. The molecule has 0 radical (unpaired) electrons. The summed E-state index contributed by atoms with van der Waals surface area (Å²) in [5.74, 6) is 0.317. The van der Waals surface area contributed by atoms with Crippen LogP contribution >= 0.6 is 11.6 Å². The Morgan fingerprint density at radius 1 is 1.15 bits per heavy atom. The van der Waals surface area contributed by atoms with Crippen molar-refractivity contribution in [3.63, 3.8) is 0 Å². The molecule has 2 saturated carbocycles. The molecule has 0 bridgehead atoms. The van der Waals surface area contributed by atoms with E-state index in [2.05, 4.69) is 4.72 Å². The van der Waals surface area contributed by atoms with Gasteiger partial charge >= 0.3 is 0 Å². The number of anilines is 1. The molecule has 2 aromatic carbocycles. The van der Waals surface area contributed by atoms with Crippen LogP contribution < -0.4 is 9.46 Å². The molecule has 0 saturated heterocycles. The second kappa shape index (κ2) is 9.49. The highest BCUT2D eigenvalue weighted by atomic mass is 35.5. The van der Waals surface area contributed by atoms with E-state index in [1.807, 2.05) is 6.07 Å². The number of nitrogens with one attached hydrogen (secondary N) is 1. The second-order valence-electron chi connectivity index (χ2n) is 8.40.